The van der Waals surface area contributed by atoms with Gasteiger partial charge in [-0.3, -0.25) is 4.79 Å². The van der Waals surface area contributed by atoms with Gasteiger partial charge in [-0.25, -0.2) is 0 Å². The number of nitrogen functional groups attached to an aromatic ring is 1. The number of amides is 1. The highest BCUT2D eigenvalue weighted by Crippen LogP contribution is 2.24. The van der Waals surface area contributed by atoms with Gasteiger partial charge in [0.15, 0.2) is 0 Å². The Kier molecular flexibility index (Phi) is 5.24. The highest BCUT2D eigenvalue weighted by atomic mass is 16.5. The summed E-state index contributed by atoms with van der Waals surface area (Å²) in [7, 11) is 1.64. The summed E-state index contributed by atoms with van der Waals surface area (Å²) in [5, 5.41) is 2.92. The Hall–Kier alpha value is -1.75. The van der Waals surface area contributed by atoms with E-state index in [2.05, 4.69) is 10.2 Å². The van der Waals surface area contributed by atoms with Gasteiger partial charge in [-0.1, -0.05) is 0 Å². The minimum absolute atomic E-state index is 0.122. The molecule has 1 fully saturated rings. The highest BCUT2D eigenvalue weighted by Gasteiger charge is 2.24. The first kappa shape index (κ1) is 14.7. The molecule has 0 bridgehead atoms. The molecule has 0 aliphatic carbocycles. The number of nitrogens with two attached hydrogens (primary N) is 1. The first-order valence-corrected chi connectivity index (χ1v) is 7.08. The molecule has 1 aromatic rings. The third kappa shape index (κ3) is 3.87. The van der Waals surface area contributed by atoms with E-state index in [1.165, 1.54) is 5.69 Å². The molecule has 1 saturated heterocycles. The van der Waals surface area contributed by atoms with Crippen molar-refractivity contribution in [3.05, 3.63) is 24.3 Å². The minimum Gasteiger partial charge on any atom is -0.399 e. The van der Waals surface area contributed by atoms with Crippen LogP contribution in [0.4, 0.5) is 11.4 Å². The maximum Gasteiger partial charge on any atom is 0.223 e. The highest BCUT2D eigenvalue weighted by molar-refractivity contribution is 5.79. The number of hydrogen-bond donors (Lipinski definition) is 2. The van der Waals surface area contributed by atoms with Gasteiger partial charge in [0.2, 0.25) is 5.91 Å². The van der Waals surface area contributed by atoms with E-state index in [1.54, 1.807) is 7.11 Å². The Morgan fingerprint density at radius 3 is 2.60 bits per heavy atom. The molecular weight excluding hydrogens is 254 g/mol. The predicted molar refractivity (Wildman–Crippen MR) is 80.7 cm³/mol. The molecule has 1 aliphatic heterocycles. The monoisotopic (exact) mass is 277 g/mol. The average Bonchev–Trinajstić information content (AvgIpc) is 2.48. The molecule has 1 amide bonds. The fourth-order valence-corrected chi connectivity index (χ4v) is 2.51. The van der Waals surface area contributed by atoms with Gasteiger partial charge in [-0.2, -0.15) is 0 Å². The molecule has 20 heavy (non-hydrogen) atoms. The molecule has 1 aromatic carbocycles. The molecule has 0 radical (unpaired) electrons. The molecule has 0 unspecified atom stereocenters. The van der Waals surface area contributed by atoms with Crippen LogP contribution in [0.5, 0.6) is 0 Å². The van der Waals surface area contributed by atoms with Gasteiger partial charge in [0.05, 0.1) is 6.61 Å². The number of anilines is 2. The van der Waals surface area contributed by atoms with E-state index >= 15 is 0 Å². The summed E-state index contributed by atoms with van der Waals surface area (Å²) in [6, 6.07) is 7.90. The molecule has 5 heteroatoms. The molecule has 3 N–H and O–H groups in total. The Balaban J connectivity index is 1.80. The van der Waals surface area contributed by atoms with Crippen LogP contribution >= 0.6 is 0 Å². The van der Waals surface area contributed by atoms with Gasteiger partial charge in [-0.05, 0) is 37.1 Å². The summed E-state index contributed by atoms with van der Waals surface area (Å²) in [4.78, 5) is 14.3. The maximum absolute atomic E-state index is 12.0. The van der Waals surface area contributed by atoms with E-state index in [0.717, 1.165) is 31.6 Å². The smallest absolute Gasteiger partial charge is 0.223 e. The molecule has 0 aromatic heterocycles. The number of rotatable bonds is 5. The average molecular weight is 277 g/mol. The normalized spacial score (nSPS) is 16.1. The number of benzene rings is 1. The summed E-state index contributed by atoms with van der Waals surface area (Å²) in [6.07, 6.45) is 1.78. The van der Waals surface area contributed by atoms with Crippen LogP contribution in [0, 0.1) is 5.92 Å². The van der Waals surface area contributed by atoms with E-state index in [0.29, 0.717) is 13.2 Å². The lowest BCUT2D eigenvalue weighted by atomic mass is 9.95. The zero-order valence-corrected chi connectivity index (χ0v) is 12.0. The van der Waals surface area contributed by atoms with Gasteiger partial charge < -0.3 is 20.7 Å². The van der Waals surface area contributed by atoms with Crippen LogP contribution in [0.2, 0.25) is 0 Å². The van der Waals surface area contributed by atoms with Crippen LogP contribution in [0.3, 0.4) is 0 Å². The number of carbonyl (C=O) groups is 1. The molecular formula is C15H23N3O2. The fraction of sp³-hybridized carbons (Fsp3) is 0.533. The molecule has 110 valence electrons. The Bertz CT molecular complexity index is 425. The lowest BCUT2D eigenvalue weighted by Crippen LogP contribution is -2.41. The molecule has 0 atom stereocenters. The van der Waals surface area contributed by atoms with Crippen molar-refractivity contribution < 1.29 is 9.53 Å². The second-order valence-corrected chi connectivity index (χ2v) is 5.14. The van der Waals surface area contributed by atoms with Crippen molar-refractivity contribution in [3.8, 4) is 0 Å². The van der Waals surface area contributed by atoms with Crippen LogP contribution in [0.25, 0.3) is 0 Å². The summed E-state index contributed by atoms with van der Waals surface area (Å²) < 4.78 is 4.93. The number of methoxy groups -OCH3 is 1. The van der Waals surface area contributed by atoms with E-state index in [9.17, 15) is 4.79 Å². The van der Waals surface area contributed by atoms with Crippen molar-refractivity contribution in [3.63, 3.8) is 0 Å². The van der Waals surface area contributed by atoms with Crippen molar-refractivity contribution in [2.24, 2.45) is 5.92 Å². The van der Waals surface area contributed by atoms with Crippen molar-refractivity contribution in [2.45, 2.75) is 12.8 Å². The standard InChI is InChI=1S/C15H23N3O2/c1-20-11-8-17-15(19)12-6-9-18(10-7-12)14-4-2-13(16)3-5-14/h2-5,12H,6-11,16H2,1H3,(H,17,19). The van der Waals surface area contributed by atoms with E-state index in [4.69, 9.17) is 10.5 Å². The third-order valence-corrected chi connectivity index (χ3v) is 3.73. The second-order valence-electron chi connectivity index (χ2n) is 5.14. The number of piperidine rings is 1. The summed E-state index contributed by atoms with van der Waals surface area (Å²) in [5.41, 5.74) is 7.65. The van der Waals surface area contributed by atoms with Crippen LogP contribution in [-0.2, 0) is 9.53 Å². The molecule has 0 saturated carbocycles. The Morgan fingerprint density at radius 1 is 1.35 bits per heavy atom. The predicted octanol–water partition coefficient (Wildman–Crippen LogP) is 1.25. The summed E-state index contributed by atoms with van der Waals surface area (Å²) >= 11 is 0. The van der Waals surface area contributed by atoms with Gasteiger partial charge in [-0.15, -0.1) is 0 Å². The SMILES string of the molecule is COCCNC(=O)C1CCN(c2ccc(N)cc2)CC1. The maximum atomic E-state index is 12.0. The Morgan fingerprint density at radius 2 is 2.00 bits per heavy atom. The number of ether oxygens (including phenoxy) is 1. The van der Waals surface area contributed by atoms with E-state index in [1.807, 2.05) is 24.3 Å². The quantitative estimate of drug-likeness (QED) is 0.628. The second kappa shape index (κ2) is 7.14. The van der Waals surface area contributed by atoms with Crippen molar-refractivity contribution in [1.29, 1.82) is 0 Å². The first-order chi connectivity index (χ1) is 9.70. The van der Waals surface area contributed by atoms with Crippen LogP contribution < -0.4 is 16.0 Å². The summed E-state index contributed by atoms with van der Waals surface area (Å²) in [6.45, 7) is 2.97. The lowest BCUT2D eigenvalue weighted by molar-refractivity contribution is -0.125. The van der Waals surface area contributed by atoms with Gasteiger partial charge in [0.25, 0.3) is 0 Å². The number of carbonyl (C=O) groups excluding carboxylic acids is 1. The van der Waals surface area contributed by atoms with Crippen molar-refractivity contribution >= 4 is 17.3 Å². The van der Waals surface area contributed by atoms with Gasteiger partial charge >= 0.3 is 0 Å². The van der Waals surface area contributed by atoms with Gasteiger partial charge in [0, 0.05) is 44.0 Å². The molecule has 5 nitrogen and oxygen atoms in total. The Labute approximate surface area is 120 Å². The van der Waals surface area contributed by atoms with Crippen molar-refractivity contribution in [1.82, 2.24) is 5.32 Å². The van der Waals surface area contributed by atoms with Crippen molar-refractivity contribution in [2.75, 3.05) is 44.0 Å². The molecule has 1 heterocycles. The third-order valence-electron chi connectivity index (χ3n) is 3.73. The molecule has 0 spiro atoms. The number of hydrogen-bond acceptors (Lipinski definition) is 4. The minimum atomic E-state index is 0.122. The fourth-order valence-electron chi connectivity index (χ4n) is 2.51. The first-order valence-electron chi connectivity index (χ1n) is 7.08. The van der Waals surface area contributed by atoms with E-state index in [-0.39, 0.29) is 11.8 Å². The van der Waals surface area contributed by atoms with E-state index < -0.39 is 0 Å². The van der Waals surface area contributed by atoms with Crippen LogP contribution in [0.15, 0.2) is 24.3 Å². The topological polar surface area (TPSA) is 67.6 Å². The zero-order chi connectivity index (χ0) is 14.4. The largest absolute Gasteiger partial charge is 0.399 e. The zero-order valence-electron chi connectivity index (χ0n) is 12.0. The molecule has 1 aliphatic rings. The number of nitrogens with zero attached hydrogens (tertiary/aromatic N) is 1. The van der Waals surface area contributed by atoms with Crippen LogP contribution in [-0.4, -0.2) is 39.3 Å². The van der Waals surface area contributed by atoms with Crippen LogP contribution in [0.1, 0.15) is 12.8 Å². The van der Waals surface area contributed by atoms with Gasteiger partial charge in [0.1, 0.15) is 0 Å². The summed E-state index contributed by atoms with van der Waals surface area (Å²) in [5.74, 6) is 0.274. The lowest BCUT2D eigenvalue weighted by Gasteiger charge is -2.33. The molecule has 2 rings (SSSR count). The number of nitrogens with one attached hydrogen (secondary N) is 1.